The highest BCUT2D eigenvalue weighted by molar-refractivity contribution is 7.99. The molecule has 2 heterocycles. The molecule has 0 aliphatic carbocycles. The molecule has 0 aromatic carbocycles. The van der Waals surface area contributed by atoms with Crippen molar-refractivity contribution in [2.75, 3.05) is 31.6 Å². The van der Waals surface area contributed by atoms with Crippen LogP contribution in [0.2, 0.25) is 0 Å². The number of anilines is 1. The van der Waals surface area contributed by atoms with Crippen molar-refractivity contribution in [1.82, 2.24) is 19.7 Å². The van der Waals surface area contributed by atoms with Gasteiger partial charge in [0.1, 0.15) is 0 Å². The number of nitrogens with two attached hydrogens (primary N) is 1. The number of aromatic nitrogens is 3. The monoisotopic (exact) mass is 271 g/mol. The van der Waals surface area contributed by atoms with Crippen molar-refractivity contribution in [1.29, 1.82) is 0 Å². The summed E-state index contributed by atoms with van der Waals surface area (Å²) < 4.78 is 1.86. The van der Waals surface area contributed by atoms with Gasteiger partial charge in [0, 0.05) is 6.54 Å². The first-order valence-corrected chi connectivity index (χ1v) is 6.80. The first kappa shape index (κ1) is 13.2. The Balaban J connectivity index is 2.15. The SMILES string of the molecule is CN1CCCC(n2c(N)nnc2SCC(=O)O)C1. The summed E-state index contributed by atoms with van der Waals surface area (Å²) in [7, 11) is 2.07. The van der Waals surface area contributed by atoms with Gasteiger partial charge >= 0.3 is 5.97 Å². The molecule has 0 bridgehead atoms. The van der Waals surface area contributed by atoms with E-state index in [0.717, 1.165) is 37.7 Å². The Morgan fingerprint density at radius 2 is 2.39 bits per heavy atom. The summed E-state index contributed by atoms with van der Waals surface area (Å²) in [6.07, 6.45) is 2.12. The van der Waals surface area contributed by atoms with E-state index in [1.54, 1.807) is 0 Å². The van der Waals surface area contributed by atoms with E-state index in [2.05, 4.69) is 22.1 Å². The van der Waals surface area contributed by atoms with Crippen LogP contribution in [0.25, 0.3) is 0 Å². The third-order valence-electron chi connectivity index (χ3n) is 2.98. The number of thioether (sulfide) groups is 1. The van der Waals surface area contributed by atoms with Crippen molar-refractivity contribution < 1.29 is 9.90 Å². The van der Waals surface area contributed by atoms with Gasteiger partial charge in [0.15, 0.2) is 5.16 Å². The normalized spacial score (nSPS) is 21.1. The van der Waals surface area contributed by atoms with E-state index in [-0.39, 0.29) is 11.8 Å². The predicted octanol–water partition coefficient (Wildman–Crippen LogP) is 0.304. The minimum atomic E-state index is -0.867. The van der Waals surface area contributed by atoms with Gasteiger partial charge in [-0.3, -0.25) is 9.36 Å². The van der Waals surface area contributed by atoms with Gasteiger partial charge in [0.05, 0.1) is 11.8 Å². The van der Waals surface area contributed by atoms with Gasteiger partial charge in [-0.2, -0.15) is 0 Å². The van der Waals surface area contributed by atoms with Crippen LogP contribution in [0.4, 0.5) is 5.95 Å². The third-order valence-corrected chi connectivity index (χ3v) is 3.91. The summed E-state index contributed by atoms with van der Waals surface area (Å²) in [6, 6.07) is 0.232. The zero-order valence-corrected chi connectivity index (χ0v) is 11.1. The van der Waals surface area contributed by atoms with Gasteiger partial charge in [-0.1, -0.05) is 11.8 Å². The molecule has 0 spiro atoms. The molecule has 18 heavy (non-hydrogen) atoms. The number of likely N-dealkylation sites (tertiary alicyclic amines) is 1. The lowest BCUT2D eigenvalue weighted by Crippen LogP contribution is -2.34. The predicted molar refractivity (Wildman–Crippen MR) is 68.6 cm³/mol. The Bertz CT molecular complexity index is 436. The van der Waals surface area contributed by atoms with Crippen molar-refractivity contribution in [3.63, 3.8) is 0 Å². The van der Waals surface area contributed by atoms with E-state index in [0.29, 0.717) is 11.1 Å². The number of carboxylic acids is 1. The number of aliphatic carboxylic acids is 1. The van der Waals surface area contributed by atoms with Crippen LogP contribution in [0.5, 0.6) is 0 Å². The molecule has 1 aliphatic heterocycles. The Morgan fingerprint density at radius 3 is 3.06 bits per heavy atom. The largest absolute Gasteiger partial charge is 0.481 e. The van der Waals surface area contributed by atoms with E-state index in [1.165, 1.54) is 0 Å². The third kappa shape index (κ3) is 2.94. The van der Waals surface area contributed by atoms with Gasteiger partial charge in [-0.25, -0.2) is 0 Å². The molecular weight excluding hydrogens is 254 g/mol. The molecule has 1 saturated heterocycles. The number of rotatable bonds is 4. The molecule has 1 atom stereocenters. The summed E-state index contributed by atoms with van der Waals surface area (Å²) >= 11 is 1.16. The number of carboxylic acid groups (broad SMARTS) is 1. The number of nitrogens with zero attached hydrogens (tertiary/aromatic N) is 4. The lowest BCUT2D eigenvalue weighted by molar-refractivity contribution is -0.133. The van der Waals surface area contributed by atoms with E-state index >= 15 is 0 Å². The van der Waals surface area contributed by atoms with Gasteiger partial charge < -0.3 is 15.7 Å². The molecule has 0 saturated carbocycles. The fourth-order valence-electron chi connectivity index (χ4n) is 2.21. The zero-order chi connectivity index (χ0) is 13.1. The fourth-order valence-corrected chi connectivity index (χ4v) is 2.94. The molecule has 100 valence electrons. The zero-order valence-electron chi connectivity index (χ0n) is 10.2. The molecule has 7 nitrogen and oxygen atoms in total. The van der Waals surface area contributed by atoms with Gasteiger partial charge in [-0.05, 0) is 26.4 Å². The minimum absolute atomic E-state index is 0.0271. The van der Waals surface area contributed by atoms with E-state index in [4.69, 9.17) is 10.8 Å². The van der Waals surface area contributed by atoms with Crippen molar-refractivity contribution in [3.05, 3.63) is 0 Å². The molecular formula is C10H17N5O2S. The average Bonchev–Trinajstić information content (AvgIpc) is 2.68. The van der Waals surface area contributed by atoms with E-state index in [1.807, 2.05) is 4.57 Å². The van der Waals surface area contributed by atoms with Crippen LogP contribution in [0, 0.1) is 0 Å². The molecule has 1 aromatic rings. The summed E-state index contributed by atoms with van der Waals surface area (Å²) in [4.78, 5) is 12.8. The molecule has 1 unspecified atom stereocenters. The molecule has 0 amide bonds. The smallest absolute Gasteiger partial charge is 0.313 e. The second-order valence-electron chi connectivity index (χ2n) is 4.45. The molecule has 2 rings (SSSR count). The van der Waals surface area contributed by atoms with Crippen LogP contribution in [-0.4, -0.2) is 56.6 Å². The minimum Gasteiger partial charge on any atom is -0.481 e. The highest BCUT2D eigenvalue weighted by atomic mass is 32.2. The number of hydrogen-bond acceptors (Lipinski definition) is 6. The van der Waals surface area contributed by atoms with Crippen LogP contribution >= 0.6 is 11.8 Å². The first-order valence-electron chi connectivity index (χ1n) is 5.81. The maximum Gasteiger partial charge on any atom is 0.313 e. The summed E-state index contributed by atoms with van der Waals surface area (Å²) in [5, 5.41) is 17.1. The Kier molecular flexibility index (Phi) is 4.07. The number of piperidine rings is 1. The molecule has 3 N–H and O–H groups in total. The van der Waals surface area contributed by atoms with Crippen LogP contribution in [0.3, 0.4) is 0 Å². The second-order valence-corrected chi connectivity index (χ2v) is 5.39. The second kappa shape index (κ2) is 5.57. The highest BCUT2D eigenvalue weighted by Crippen LogP contribution is 2.28. The first-order chi connectivity index (χ1) is 8.58. The highest BCUT2D eigenvalue weighted by Gasteiger charge is 2.24. The van der Waals surface area contributed by atoms with Crippen molar-refractivity contribution >= 4 is 23.7 Å². The molecule has 0 radical (unpaired) electrons. The van der Waals surface area contributed by atoms with Crippen LogP contribution in [0.1, 0.15) is 18.9 Å². The maximum atomic E-state index is 10.6. The summed E-state index contributed by atoms with van der Waals surface area (Å²) in [5.74, 6) is -0.530. The van der Waals surface area contributed by atoms with Gasteiger partial charge in [0.25, 0.3) is 0 Å². The van der Waals surface area contributed by atoms with Crippen molar-refractivity contribution in [3.8, 4) is 0 Å². The average molecular weight is 271 g/mol. The number of nitrogen functional groups attached to an aromatic ring is 1. The number of likely N-dealkylation sites (N-methyl/N-ethyl adjacent to an activating group) is 1. The van der Waals surface area contributed by atoms with E-state index < -0.39 is 5.97 Å². The van der Waals surface area contributed by atoms with Crippen LogP contribution in [0.15, 0.2) is 5.16 Å². The topological polar surface area (TPSA) is 97.3 Å². The Morgan fingerprint density at radius 1 is 1.61 bits per heavy atom. The van der Waals surface area contributed by atoms with Crippen molar-refractivity contribution in [2.24, 2.45) is 0 Å². The molecule has 8 heteroatoms. The quantitative estimate of drug-likeness (QED) is 0.760. The van der Waals surface area contributed by atoms with Crippen LogP contribution < -0.4 is 5.73 Å². The molecule has 1 aromatic heterocycles. The summed E-state index contributed by atoms with van der Waals surface area (Å²) in [5.41, 5.74) is 5.83. The maximum absolute atomic E-state index is 10.6. The number of carbonyl (C=O) groups is 1. The molecule has 1 fully saturated rings. The Labute approximate surface area is 109 Å². The number of hydrogen-bond donors (Lipinski definition) is 2. The fraction of sp³-hybridized carbons (Fsp3) is 0.700. The van der Waals surface area contributed by atoms with Crippen LogP contribution in [-0.2, 0) is 4.79 Å². The van der Waals surface area contributed by atoms with Crippen molar-refractivity contribution in [2.45, 2.75) is 24.0 Å². The Hall–Kier alpha value is -1.28. The molecule has 1 aliphatic rings. The lowest BCUT2D eigenvalue weighted by atomic mass is 10.1. The lowest BCUT2D eigenvalue weighted by Gasteiger charge is -2.31. The van der Waals surface area contributed by atoms with Gasteiger partial charge in [-0.15, -0.1) is 10.2 Å². The summed E-state index contributed by atoms with van der Waals surface area (Å²) in [6.45, 7) is 1.97. The van der Waals surface area contributed by atoms with E-state index in [9.17, 15) is 4.79 Å². The standard InChI is InChI=1S/C10H17N5O2S/c1-14-4-2-3-7(5-14)15-9(11)12-13-10(15)18-6-8(16)17/h7H,2-6H2,1H3,(H2,11,12)(H,16,17). The van der Waals surface area contributed by atoms with Gasteiger partial charge in [0.2, 0.25) is 5.95 Å².